The molecule has 37 heavy (non-hydrogen) atoms. The maximum absolute atomic E-state index is 13.2. The summed E-state index contributed by atoms with van der Waals surface area (Å²) in [5.41, 5.74) is 0.381. The summed E-state index contributed by atoms with van der Waals surface area (Å²) in [6, 6.07) is 11.2. The minimum atomic E-state index is -4.61. The Kier molecular flexibility index (Phi) is 9.32. The van der Waals surface area contributed by atoms with Crippen molar-refractivity contribution >= 4 is 22.9 Å². The summed E-state index contributed by atoms with van der Waals surface area (Å²) in [6.07, 6.45) is -1.21. The van der Waals surface area contributed by atoms with E-state index in [0.717, 1.165) is 10.5 Å². The van der Waals surface area contributed by atoms with E-state index in [-0.39, 0.29) is 42.5 Å². The molecule has 198 valence electrons. The third-order valence-corrected chi connectivity index (χ3v) is 5.68. The fourth-order valence-corrected chi connectivity index (χ4v) is 4.06. The van der Waals surface area contributed by atoms with Crippen LogP contribution >= 0.6 is 0 Å². The quantitative estimate of drug-likeness (QED) is 0.274. The molecular weight excluding hydrogens is 487 g/mol. The minimum absolute atomic E-state index is 0.0595. The Morgan fingerprint density at radius 2 is 1.92 bits per heavy atom. The van der Waals surface area contributed by atoms with Crippen LogP contribution in [0.2, 0.25) is 0 Å². The molecule has 1 atom stereocenters. The Hall–Kier alpha value is -3.82. The third-order valence-electron chi connectivity index (χ3n) is 5.68. The highest BCUT2D eigenvalue weighted by Gasteiger charge is 2.38. The second-order valence-electron chi connectivity index (χ2n) is 8.47. The summed E-state index contributed by atoms with van der Waals surface area (Å²) in [6.45, 7) is 7.48. The van der Waals surface area contributed by atoms with Crippen LogP contribution in [0.4, 0.5) is 18.0 Å². The summed E-state index contributed by atoms with van der Waals surface area (Å²) < 4.78 is 50.3. The number of allylic oxidation sites excluding steroid dienone is 1. The summed E-state index contributed by atoms with van der Waals surface area (Å²) in [5, 5.41) is 5.95. The van der Waals surface area contributed by atoms with E-state index in [4.69, 9.17) is 9.26 Å². The van der Waals surface area contributed by atoms with Gasteiger partial charge in [0.25, 0.3) is 0 Å². The van der Waals surface area contributed by atoms with Crippen LogP contribution in [-0.2, 0) is 17.4 Å². The van der Waals surface area contributed by atoms with Crippen LogP contribution in [0.15, 0.2) is 59.6 Å². The number of fused-ring (bicyclic) bond motifs is 1. The van der Waals surface area contributed by atoms with Gasteiger partial charge in [-0.1, -0.05) is 54.9 Å². The zero-order valence-corrected chi connectivity index (χ0v) is 20.8. The number of imide groups is 1. The van der Waals surface area contributed by atoms with Crippen LogP contribution < -0.4 is 10.1 Å². The monoisotopic (exact) mass is 517 g/mol. The standard InChI is InChI=1S/C24H24F3N3O4.C3H6/c1-2-7-16-19(11-10-17-21(16)34-29-22(17)24(25,26)27)33-13-6-12-30-20(31)14-18(28-23(30)32)15-8-4-3-5-9-15;1-3-2/h3-5,8-11,18H,2,6-7,12-14H2,1H3,(H,28,32);3H,1H2,2H3. The number of ether oxygens (including phenoxy) is 1. The average molecular weight is 518 g/mol. The van der Waals surface area contributed by atoms with Gasteiger partial charge in [0.05, 0.1) is 24.5 Å². The number of rotatable bonds is 8. The Morgan fingerprint density at radius 1 is 1.22 bits per heavy atom. The number of halogens is 3. The first-order valence-electron chi connectivity index (χ1n) is 12.0. The normalized spacial score (nSPS) is 15.7. The van der Waals surface area contributed by atoms with Gasteiger partial charge in [0, 0.05) is 12.1 Å². The lowest BCUT2D eigenvalue weighted by molar-refractivity contribution is -0.141. The van der Waals surface area contributed by atoms with E-state index in [1.165, 1.54) is 12.1 Å². The number of nitrogens with zero attached hydrogens (tertiary/aromatic N) is 2. The molecule has 0 aliphatic carbocycles. The molecule has 4 rings (SSSR count). The molecule has 3 aromatic rings. The maximum atomic E-state index is 13.2. The van der Waals surface area contributed by atoms with Gasteiger partial charge in [0.2, 0.25) is 5.91 Å². The average Bonchev–Trinajstić information content (AvgIpc) is 3.30. The molecule has 3 amide bonds. The van der Waals surface area contributed by atoms with Crippen LogP contribution in [0.5, 0.6) is 5.75 Å². The van der Waals surface area contributed by atoms with Crippen molar-refractivity contribution in [3.05, 3.63) is 71.9 Å². The van der Waals surface area contributed by atoms with Gasteiger partial charge < -0.3 is 14.6 Å². The first-order valence-corrected chi connectivity index (χ1v) is 12.0. The number of carbonyl (C=O) groups is 2. The molecule has 7 nitrogen and oxygen atoms in total. The number of benzene rings is 2. The van der Waals surface area contributed by atoms with Gasteiger partial charge >= 0.3 is 12.2 Å². The van der Waals surface area contributed by atoms with E-state index >= 15 is 0 Å². The van der Waals surface area contributed by atoms with E-state index in [1.807, 2.05) is 44.2 Å². The topological polar surface area (TPSA) is 84.7 Å². The Morgan fingerprint density at radius 3 is 2.54 bits per heavy atom. The number of aromatic nitrogens is 1. The number of carbonyl (C=O) groups excluding carboxylic acids is 2. The maximum Gasteiger partial charge on any atom is 0.437 e. The van der Waals surface area contributed by atoms with Gasteiger partial charge in [0.15, 0.2) is 11.3 Å². The molecule has 2 heterocycles. The SMILES string of the molecule is C=CC.CCCc1c(OCCCN2C(=O)CC(c3ccccc3)NC2=O)ccc2c(C(F)(F)F)noc12. The van der Waals surface area contributed by atoms with E-state index in [9.17, 15) is 22.8 Å². The second-order valence-corrected chi connectivity index (χ2v) is 8.47. The zero-order chi connectivity index (χ0) is 27.0. The fourth-order valence-electron chi connectivity index (χ4n) is 4.06. The van der Waals surface area contributed by atoms with Gasteiger partial charge in [-0.05, 0) is 37.5 Å². The lowest BCUT2D eigenvalue weighted by Gasteiger charge is -2.31. The molecule has 1 unspecified atom stereocenters. The van der Waals surface area contributed by atoms with Crippen molar-refractivity contribution in [2.24, 2.45) is 0 Å². The van der Waals surface area contributed by atoms with Crippen molar-refractivity contribution in [1.82, 2.24) is 15.4 Å². The fraction of sp³-hybridized carbons (Fsp3) is 0.370. The minimum Gasteiger partial charge on any atom is -0.493 e. The van der Waals surface area contributed by atoms with Crippen LogP contribution in [0.3, 0.4) is 0 Å². The van der Waals surface area contributed by atoms with Crippen LogP contribution in [0.1, 0.15) is 56.0 Å². The Bertz CT molecular complexity index is 1210. The number of hydrogen-bond acceptors (Lipinski definition) is 5. The largest absolute Gasteiger partial charge is 0.493 e. The van der Waals surface area contributed by atoms with Crippen LogP contribution in [0, 0.1) is 0 Å². The number of amides is 3. The first-order chi connectivity index (χ1) is 17.7. The van der Waals surface area contributed by atoms with Crippen molar-refractivity contribution in [2.75, 3.05) is 13.2 Å². The van der Waals surface area contributed by atoms with Gasteiger partial charge in [-0.15, -0.1) is 6.58 Å². The lowest BCUT2D eigenvalue weighted by Crippen LogP contribution is -2.51. The Balaban J connectivity index is 0.00000121. The highest BCUT2D eigenvalue weighted by molar-refractivity contribution is 5.97. The number of aryl methyl sites for hydroxylation is 1. The van der Waals surface area contributed by atoms with E-state index in [1.54, 1.807) is 6.08 Å². The molecule has 0 spiro atoms. The highest BCUT2D eigenvalue weighted by Crippen LogP contribution is 2.38. The van der Waals surface area contributed by atoms with Gasteiger partial charge in [-0.25, -0.2) is 4.79 Å². The van der Waals surface area contributed by atoms with Crippen molar-refractivity contribution in [1.29, 1.82) is 0 Å². The van der Waals surface area contributed by atoms with Crippen LogP contribution in [0.25, 0.3) is 11.0 Å². The molecule has 0 saturated carbocycles. The molecule has 1 aromatic heterocycles. The molecule has 1 aliphatic heterocycles. The first kappa shape index (κ1) is 27.8. The molecular formula is C27H30F3N3O4. The predicted molar refractivity (Wildman–Crippen MR) is 133 cm³/mol. The van der Waals surface area contributed by atoms with Gasteiger partial charge in [0.1, 0.15) is 5.75 Å². The van der Waals surface area contributed by atoms with Gasteiger partial charge in [-0.2, -0.15) is 13.2 Å². The lowest BCUT2D eigenvalue weighted by atomic mass is 10.0. The molecule has 1 aliphatic rings. The van der Waals surface area contributed by atoms with Crippen molar-refractivity contribution in [2.45, 2.75) is 51.7 Å². The van der Waals surface area contributed by atoms with E-state index in [0.29, 0.717) is 30.6 Å². The van der Waals surface area contributed by atoms with Crippen molar-refractivity contribution < 1.29 is 32.0 Å². The zero-order valence-electron chi connectivity index (χ0n) is 20.8. The summed E-state index contributed by atoms with van der Waals surface area (Å²) in [4.78, 5) is 26.2. The van der Waals surface area contributed by atoms with E-state index < -0.39 is 17.9 Å². The molecule has 2 aromatic carbocycles. The molecule has 1 saturated heterocycles. The highest BCUT2D eigenvalue weighted by atomic mass is 19.4. The predicted octanol–water partition coefficient (Wildman–Crippen LogP) is 6.44. The smallest absolute Gasteiger partial charge is 0.437 e. The molecule has 0 radical (unpaired) electrons. The van der Waals surface area contributed by atoms with Crippen LogP contribution in [-0.4, -0.2) is 35.1 Å². The number of hydrogen-bond donors (Lipinski definition) is 1. The van der Waals surface area contributed by atoms with Gasteiger partial charge in [-0.3, -0.25) is 9.69 Å². The molecule has 1 fully saturated rings. The summed E-state index contributed by atoms with van der Waals surface area (Å²) in [5.74, 6) is 0.129. The summed E-state index contributed by atoms with van der Waals surface area (Å²) in [7, 11) is 0. The number of alkyl halides is 3. The number of urea groups is 1. The van der Waals surface area contributed by atoms with E-state index in [2.05, 4.69) is 17.1 Å². The van der Waals surface area contributed by atoms with Crippen molar-refractivity contribution in [3.63, 3.8) is 0 Å². The molecule has 10 heteroatoms. The van der Waals surface area contributed by atoms with Crippen molar-refractivity contribution in [3.8, 4) is 5.75 Å². The molecule has 1 N–H and O–H groups in total. The summed E-state index contributed by atoms with van der Waals surface area (Å²) >= 11 is 0. The molecule has 0 bridgehead atoms. The Labute approximate surface area is 213 Å². The number of nitrogens with one attached hydrogen (secondary N) is 1. The second kappa shape index (κ2) is 12.4. The third kappa shape index (κ3) is 6.69.